The predicted octanol–water partition coefficient (Wildman–Crippen LogP) is 2.49. The van der Waals surface area contributed by atoms with Gasteiger partial charge in [0.05, 0.1) is 12.8 Å². The molecule has 0 atom stereocenters. The standard InChI is InChI=1S/C11H13N3O2S/c1-15-7-10-13-9(5-11(17)14-10)12-6-8-3-2-4-16-8/h2-5H,6-7H2,1H3,(H2,12,13,14,17). The van der Waals surface area contributed by atoms with Crippen molar-refractivity contribution in [1.29, 1.82) is 0 Å². The normalized spacial score (nSPS) is 10.4. The maximum atomic E-state index is 5.22. The Bertz CT molecular complexity index is 522. The molecule has 2 N–H and O–H groups in total. The molecule has 0 aliphatic heterocycles. The Morgan fingerprint density at radius 1 is 1.59 bits per heavy atom. The molecule has 0 unspecified atom stereocenters. The molecule has 2 heterocycles. The van der Waals surface area contributed by atoms with E-state index in [1.807, 2.05) is 12.1 Å². The Hall–Kier alpha value is -1.66. The van der Waals surface area contributed by atoms with Crippen molar-refractivity contribution in [2.45, 2.75) is 13.2 Å². The van der Waals surface area contributed by atoms with Crippen LogP contribution in [-0.4, -0.2) is 17.1 Å². The molecule has 0 aromatic carbocycles. The van der Waals surface area contributed by atoms with E-state index in [1.54, 1.807) is 19.4 Å². The van der Waals surface area contributed by atoms with Crippen molar-refractivity contribution in [3.63, 3.8) is 0 Å². The van der Waals surface area contributed by atoms with Gasteiger partial charge in [-0.25, -0.2) is 4.98 Å². The van der Waals surface area contributed by atoms with Crippen LogP contribution in [0, 0.1) is 4.64 Å². The molecular formula is C11H13N3O2S. The monoisotopic (exact) mass is 251 g/mol. The summed E-state index contributed by atoms with van der Waals surface area (Å²) in [7, 11) is 1.61. The maximum absolute atomic E-state index is 5.22. The molecule has 90 valence electrons. The minimum absolute atomic E-state index is 0.403. The van der Waals surface area contributed by atoms with Gasteiger partial charge in [-0.15, -0.1) is 0 Å². The summed E-state index contributed by atoms with van der Waals surface area (Å²) >= 11 is 5.07. The Balaban J connectivity index is 2.07. The minimum atomic E-state index is 0.403. The highest BCUT2D eigenvalue weighted by Gasteiger charge is 2.00. The van der Waals surface area contributed by atoms with Crippen LogP contribution in [0.2, 0.25) is 0 Å². The second-order valence-electron chi connectivity index (χ2n) is 3.45. The molecule has 0 saturated carbocycles. The summed E-state index contributed by atoms with van der Waals surface area (Å²) in [6.45, 7) is 0.995. The van der Waals surface area contributed by atoms with Gasteiger partial charge in [0.15, 0.2) is 0 Å². The van der Waals surface area contributed by atoms with E-state index < -0.39 is 0 Å². The van der Waals surface area contributed by atoms with E-state index in [0.29, 0.717) is 23.6 Å². The van der Waals surface area contributed by atoms with E-state index in [4.69, 9.17) is 21.4 Å². The lowest BCUT2D eigenvalue weighted by Gasteiger charge is -2.06. The summed E-state index contributed by atoms with van der Waals surface area (Å²) in [5.74, 6) is 2.35. The Kier molecular flexibility index (Phi) is 3.89. The number of methoxy groups -OCH3 is 1. The number of ether oxygens (including phenoxy) is 1. The zero-order valence-corrected chi connectivity index (χ0v) is 10.2. The van der Waals surface area contributed by atoms with E-state index in [2.05, 4.69) is 15.3 Å². The molecule has 6 heteroatoms. The van der Waals surface area contributed by atoms with E-state index in [-0.39, 0.29) is 0 Å². The minimum Gasteiger partial charge on any atom is -0.467 e. The molecule has 0 aliphatic rings. The first-order valence-corrected chi connectivity index (χ1v) is 5.54. The van der Waals surface area contributed by atoms with Crippen LogP contribution < -0.4 is 5.32 Å². The summed E-state index contributed by atoms with van der Waals surface area (Å²) in [6, 6.07) is 5.51. The average Bonchev–Trinajstić information content (AvgIpc) is 2.79. The van der Waals surface area contributed by atoms with Crippen LogP contribution in [0.4, 0.5) is 5.82 Å². The van der Waals surface area contributed by atoms with Crippen LogP contribution in [0.25, 0.3) is 0 Å². The summed E-state index contributed by atoms with van der Waals surface area (Å²) in [6.07, 6.45) is 1.64. The predicted molar refractivity (Wildman–Crippen MR) is 66.2 cm³/mol. The number of nitrogens with zero attached hydrogens (tertiary/aromatic N) is 1. The van der Waals surface area contributed by atoms with Gasteiger partial charge < -0.3 is 19.5 Å². The van der Waals surface area contributed by atoms with E-state index in [0.717, 1.165) is 11.6 Å². The van der Waals surface area contributed by atoms with Crippen LogP contribution in [0.1, 0.15) is 11.6 Å². The van der Waals surface area contributed by atoms with Crippen LogP contribution in [0.3, 0.4) is 0 Å². The first kappa shape index (κ1) is 11.8. The summed E-state index contributed by atoms with van der Waals surface area (Å²) in [5, 5.41) is 3.18. The lowest BCUT2D eigenvalue weighted by atomic mass is 10.4. The molecule has 2 aromatic rings. The zero-order valence-electron chi connectivity index (χ0n) is 9.40. The molecule has 0 bridgehead atoms. The zero-order chi connectivity index (χ0) is 12.1. The Morgan fingerprint density at radius 2 is 2.47 bits per heavy atom. The number of hydrogen-bond acceptors (Lipinski definition) is 5. The Labute approximate surface area is 104 Å². The van der Waals surface area contributed by atoms with E-state index in [1.165, 1.54) is 0 Å². The Morgan fingerprint density at radius 3 is 3.18 bits per heavy atom. The van der Waals surface area contributed by atoms with Gasteiger partial charge >= 0.3 is 0 Å². The number of aromatic nitrogens is 2. The first-order chi connectivity index (χ1) is 8.28. The second-order valence-corrected chi connectivity index (χ2v) is 3.86. The number of H-pyrrole nitrogens is 1. The van der Waals surface area contributed by atoms with E-state index >= 15 is 0 Å². The fraction of sp³-hybridized carbons (Fsp3) is 0.273. The molecule has 0 fully saturated rings. The SMILES string of the molecule is COCc1nc(=S)cc(NCc2ccco2)[nH]1. The fourth-order valence-corrected chi connectivity index (χ4v) is 1.63. The summed E-state index contributed by atoms with van der Waals surface area (Å²) < 4.78 is 10.7. The quantitative estimate of drug-likeness (QED) is 0.799. The number of aromatic amines is 1. The molecule has 2 aromatic heterocycles. The first-order valence-electron chi connectivity index (χ1n) is 5.13. The molecule has 0 spiro atoms. The van der Waals surface area contributed by atoms with Gasteiger partial charge in [0, 0.05) is 13.2 Å². The van der Waals surface area contributed by atoms with Gasteiger partial charge in [-0.3, -0.25) is 0 Å². The van der Waals surface area contributed by atoms with Crippen molar-refractivity contribution in [2.24, 2.45) is 0 Å². The highest BCUT2D eigenvalue weighted by atomic mass is 32.1. The van der Waals surface area contributed by atoms with Crippen LogP contribution in [0.15, 0.2) is 28.9 Å². The lowest BCUT2D eigenvalue weighted by Crippen LogP contribution is -2.04. The van der Waals surface area contributed by atoms with Gasteiger partial charge in [-0.05, 0) is 12.1 Å². The van der Waals surface area contributed by atoms with Crippen molar-refractivity contribution in [1.82, 2.24) is 9.97 Å². The third-order valence-corrected chi connectivity index (χ3v) is 2.32. The van der Waals surface area contributed by atoms with Crippen molar-refractivity contribution in [3.8, 4) is 0 Å². The van der Waals surface area contributed by atoms with Crippen molar-refractivity contribution in [2.75, 3.05) is 12.4 Å². The fourth-order valence-electron chi connectivity index (χ4n) is 1.40. The average molecular weight is 251 g/mol. The molecule has 0 amide bonds. The number of furan rings is 1. The molecule has 0 saturated heterocycles. The highest BCUT2D eigenvalue weighted by molar-refractivity contribution is 7.71. The molecule has 0 aliphatic carbocycles. The van der Waals surface area contributed by atoms with E-state index in [9.17, 15) is 0 Å². The van der Waals surface area contributed by atoms with Gasteiger partial charge in [0.1, 0.15) is 28.6 Å². The molecule has 0 radical (unpaired) electrons. The number of anilines is 1. The number of rotatable bonds is 5. The number of hydrogen-bond donors (Lipinski definition) is 2. The molecule has 5 nitrogen and oxygen atoms in total. The highest BCUT2D eigenvalue weighted by Crippen LogP contribution is 2.08. The van der Waals surface area contributed by atoms with Gasteiger partial charge in [-0.1, -0.05) is 12.2 Å². The van der Waals surface area contributed by atoms with Crippen LogP contribution >= 0.6 is 12.2 Å². The molecule has 17 heavy (non-hydrogen) atoms. The lowest BCUT2D eigenvalue weighted by molar-refractivity contribution is 0.178. The molecule has 2 rings (SSSR count). The van der Waals surface area contributed by atoms with Gasteiger partial charge in [0.2, 0.25) is 0 Å². The second kappa shape index (κ2) is 5.60. The van der Waals surface area contributed by atoms with Crippen molar-refractivity contribution in [3.05, 3.63) is 40.7 Å². The van der Waals surface area contributed by atoms with Crippen molar-refractivity contribution < 1.29 is 9.15 Å². The third kappa shape index (κ3) is 3.40. The van der Waals surface area contributed by atoms with Gasteiger partial charge in [0.25, 0.3) is 0 Å². The topological polar surface area (TPSA) is 63.1 Å². The van der Waals surface area contributed by atoms with Crippen molar-refractivity contribution >= 4 is 18.0 Å². The van der Waals surface area contributed by atoms with Crippen LogP contribution in [0.5, 0.6) is 0 Å². The molecular weight excluding hydrogens is 238 g/mol. The third-order valence-electron chi connectivity index (χ3n) is 2.11. The smallest absolute Gasteiger partial charge is 0.135 e. The summed E-state index contributed by atoms with van der Waals surface area (Å²) in [4.78, 5) is 7.23. The number of nitrogens with one attached hydrogen (secondary N) is 2. The summed E-state index contributed by atoms with van der Waals surface area (Å²) in [5.41, 5.74) is 0. The largest absolute Gasteiger partial charge is 0.467 e. The van der Waals surface area contributed by atoms with Crippen LogP contribution in [-0.2, 0) is 17.9 Å². The maximum Gasteiger partial charge on any atom is 0.135 e. The van der Waals surface area contributed by atoms with Gasteiger partial charge in [-0.2, -0.15) is 0 Å².